The van der Waals surface area contributed by atoms with Gasteiger partial charge in [-0.25, -0.2) is 4.98 Å². The van der Waals surface area contributed by atoms with Crippen molar-refractivity contribution < 1.29 is 4.74 Å². The number of anilines is 1. The van der Waals surface area contributed by atoms with Crippen LogP contribution < -0.4 is 10.5 Å². The third-order valence-corrected chi connectivity index (χ3v) is 2.35. The first-order chi connectivity index (χ1) is 6.44. The maximum absolute atomic E-state index is 5.76. The van der Waals surface area contributed by atoms with Gasteiger partial charge in [0.25, 0.3) is 0 Å². The Kier molecular flexibility index (Phi) is 2.99. The monoisotopic (exact) mass is 194 g/mol. The van der Waals surface area contributed by atoms with Crippen molar-refractivity contribution in [3.63, 3.8) is 0 Å². The molecule has 3 nitrogen and oxygen atoms in total. The maximum Gasteiger partial charge on any atom is 0.215 e. The smallest absolute Gasteiger partial charge is 0.215 e. The molecule has 0 aliphatic heterocycles. The lowest BCUT2D eigenvalue weighted by atomic mass is 10.1. The fourth-order valence-electron chi connectivity index (χ4n) is 0.930. The Morgan fingerprint density at radius 3 is 2.64 bits per heavy atom. The molecular formula is C11H18N2O. The highest BCUT2D eigenvalue weighted by Gasteiger charge is 2.17. The molecule has 2 N–H and O–H groups in total. The lowest BCUT2D eigenvalue weighted by Crippen LogP contribution is -2.27. The van der Waals surface area contributed by atoms with E-state index in [1.54, 1.807) is 12.3 Å². The van der Waals surface area contributed by atoms with Crippen LogP contribution in [0.5, 0.6) is 5.88 Å². The molecule has 14 heavy (non-hydrogen) atoms. The zero-order valence-electron chi connectivity index (χ0n) is 9.29. The first-order valence-electron chi connectivity index (χ1n) is 4.86. The molecule has 0 bridgehead atoms. The van der Waals surface area contributed by atoms with Crippen molar-refractivity contribution in [1.82, 2.24) is 4.98 Å². The molecule has 0 aliphatic carbocycles. The Morgan fingerprint density at radius 1 is 1.50 bits per heavy atom. The van der Waals surface area contributed by atoms with E-state index in [0.717, 1.165) is 17.7 Å². The predicted molar refractivity (Wildman–Crippen MR) is 58.4 cm³/mol. The number of nitrogen functional groups attached to an aromatic ring is 1. The molecule has 1 aromatic rings. The maximum atomic E-state index is 5.76. The summed E-state index contributed by atoms with van der Waals surface area (Å²) >= 11 is 0. The lowest BCUT2D eigenvalue weighted by molar-refractivity contribution is 0.0991. The van der Waals surface area contributed by atoms with Gasteiger partial charge in [-0.2, -0.15) is 0 Å². The summed E-state index contributed by atoms with van der Waals surface area (Å²) in [5.74, 6) is 0.597. The fraction of sp³-hybridized carbons (Fsp3) is 0.545. The van der Waals surface area contributed by atoms with E-state index in [4.69, 9.17) is 10.5 Å². The summed E-state index contributed by atoms with van der Waals surface area (Å²) in [4.78, 5) is 4.17. The molecule has 0 amide bonds. The molecule has 78 valence electrons. The minimum absolute atomic E-state index is 0.186. The zero-order valence-corrected chi connectivity index (χ0v) is 9.29. The number of nitrogens with two attached hydrogens (primary N) is 1. The van der Waals surface area contributed by atoms with Crippen LogP contribution in [-0.2, 0) is 0 Å². The minimum Gasteiger partial charge on any atom is -0.472 e. The summed E-state index contributed by atoms with van der Waals surface area (Å²) in [5, 5.41) is 0. The van der Waals surface area contributed by atoms with Crippen LogP contribution in [0.1, 0.15) is 32.8 Å². The van der Waals surface area contributed by atoms with Crippen LogP contribution in [0, 0.1) is 6.92 Å². The SMILES string of the molecule is CCC(C)(C)Oc1cc(N)c(C)cn1. The summed E-state index contributed by atoms with van der Waals surface area (Å²) in [5.41, 5.74) is 7.28. The van der Waals surface area contributed by atoms with E-state index < -0.39 is 0 Å². The molecule has 0 saturated heterocycles. The van der Waals surface area contributed by atoms with Gasteiger partial charge in [0.15, 0.2) is 0 Å². The van der Waals surface area contributed by atoms with Crippen LogP contribution in [0.4, 0.5) is 5.69 Å². The van der Waals surface area contributed by atoms with Gasteiger partial charge in [-0.3, -0.25) is 0 Å². The van der Waals surface area contributed by atoms with E-state index in [-0.39, 0.29) is 5.60 Å². The molecule has 0 atom stereocenters. The number of aryl methyl sites for hydroxylation is 1. The van der Waals surface area contributed by atoms with E-state index in [9.17, 15) is 0 Å². The van der Waals surface area contributed by atoms with Crippen LogP contribution in [0.2, 0.25) is 0 Å². The average molecular weight is 194 g/mol. The van der Waals surface area contributed by atoms with Crippen LogP contribution in [0.15, 0.2) is 12.3 Å². The summed E-state index contributed by atoms with van der Waals surface area (Å²) in [6, 6.07) is 1.77. The third kappa shape index (κ3) is 2.62. The van der Waals surface area contributed by atoms with Crippen molar-refractivity contribution in [2.24, 2.45) is 0 Å². The molecule has 1 heterocycles. The average Bonchev–Trinajstić information content (AvgIpc) is 2.11. The van der Waals surface area contributed by atoms with Gasteiger partial charge in [0.1, 0.15) is 5.60 Å². The summed E-state index contributed by atoms with van der Waals surface area (Å²) in [6.07, 6.45) is 2.67. The highest BCUT2D eigenvalue weighted by molar-refractivity contribution is 5.47. The molecular weight excluding hydrogens is 176 g/mol. The molecule has 1 aromatic heterocycles. The predicted octanol–water partition coefficient (Wildman–Crippen LogP) is 2.54. The highest BCUT2D eigenvalue weighted by atomic mass is 16.5. The summed E-state index contributed by atoms with van der Waals surface area (Å²) < 4.78 is 5.70. The molecule has 0 saturated carbocycles. The second-order valence-corrected chi connectivity index (χ2v) is 4.09. The van der Waals surface area contributed by atoms with Crippen molar-refractivity contribution in [3.05, 3.63) is 17.8 Å². The zero-order chi connectivity index (χ0) is 10.8. The van der Waals surface area contributed by atoms with Gasteiger partial charge in [0, 0.05) is 18.0 Å². The topological polar surface area (TPSA) is 48.1 Å². The Hall–Kier alpha value is -1.25. The minimum atomic E-state index is -0.186. The van der Waals surface area contributed by atoms with Crippen LogP contribution in [0.3, 0.4) is 0 Å². The quantitative estimate of drug-likeness (QED) is 0.804. The number of pyridine rings is 1. The van der Waals surface area contributed by atoms with Crippen molar-refractivity contribution in [3.8, 4) is 5.88 Å². The molecule has 0 unspecified atom stereocenters. The van der Waals surface area contributed by atoms with Gasteiger partial charge in [0.2, 0.25) is 5.88 Å². The number of hydrogen-bond acceptors (Lipinski definition) is 3. The van der Waals surface area contributed by atoms with Crippen molar-refractivity contribution in [2.75, 3.05) is 5.73 Å². The van der Waals surface area contributed by atoms with Crippen LogP contribution in [-0.4, -0.2) is 10.6 Å². The van der Waals surface area contributed by atoms with Crippen molar-refractivity contribution >= 4 is 5.69 Å². The van der Waals surface area contributed by atoms with Gasteiger partial charge >= 0.3 is 0 Å². The van der Waals surface area contributed by atoms with Crippen molar-refractivity contribution in [2.45, 2.75) is 39.7 Å². The number of hydrogen-bond donors (Lipinski definition) is 1. The normalized spacial score (nSPS) is 11.4. The van der Waals surface area contributed by atoms with Gasteiger partial charge in [-0.1, -0.05) is 6.92 Å². The molecule has 3 heteroatoms. The fourth-order valence-corrected chi connectivity index (χ4v) is 0.930. The van der Waals surface area contributed by atoms with E-state index in [1.807, 2.05) is 20.8 Å². The number of ether oxygens (including phenoxy) is 1. The third-order valence-electron chi connectivity index (χ3n) is 2.35. The largest absolute Gasteiger partial charge is 0.472 e. The van der Waals surface area contributed by atoms with E-state index in [2.05, 4.69) is 11.9 Å². The second kappa shape index (κ2) is 3.86. The van der Waals surface area contributed by atoms with Gasteiger partial charge in [-0.05, 0) is 32.8 Å². The summed E-state index contributed by atoms with van der Waals surface area (Å²) in [7, 11) is 0. The first kappa shape index (κ1) is 10.8. The van der Waals surface area contributed by atoms with E-state index >= 15 is 0 Å². The van der Waals surface area contributed by atoms with Gasteiger partial charge in [0.05, 0.1) is 0 Å². The second-order valence-electron chi connectivity index (χ2n) is 4.09. The Balaban J connectivity index is 2.83. The lowest BCUT2D eigenvalue weighted by Gasteiger charge is -2.24. The number of nitrogens with zero attached hydrogens (tertiary/aromatic N) is 1. The van der Waals surface area contributed by atoms with Crippen LogP contribution in [0.25, 0.3) is 0 Å². The van der Waals surface area contributed by atoms with Crippen molar-refractivity contribution in [1.29, 1.82) is 0 Å². The number of rotatable bonds is 3. The van der Waals surface area contributed by atoms with E-state index in [1.165, 1.54) is 0 Å². The molecule has 0 radical (unpaired) electrons. The molecule has 0 fully saturated rings. The molecule has 0 aliphatic rings. The van der Waals surface area contributed by atoms with Gasteiger partial charge in [-0.15, -0.1) is 0 Å². The standard InChI is InChI=1S/C11H18N2O/c1-5-11(3,4)14-10-6-9(12)8(2)7-13-10/h6-7H,5H2,1-4H3,(H2,12,13). The highest BCUT2D eigenvalue weighted by Crippen LogP contribution is 2.21. The first-order valence-corrected chi connectivity index (χ1v) is 4.86. The molecule has 1 rings (SSSR count). The van der Waals surface area contributed by atoms with Gasteiger partial charge < -0.3 is 10.5 Å². The Morgan fingerprint density at radius 2 is 2.14 bits per heavy atom. The molecule has 0 spiro atoms. The molecule has 0 aromatic carbocycles. The van der Waals surface area contributed by atoms with Crippen LogP contribution >= 0.6 is 0 Å². The Labute approximate surface area is 85.3 Å². The summed E-state index contributed by atoms with van der Waals surface area (Å²) in [6.45, 7) is 8.07. The number of aromatic nitrogens is 1. The van der Waals surface area contributed by atoms with E-state index in [0.29, 0.717) is 5.88 Å². The Bertz CT molecular complexity index is 321.